The van der Waals surface area contributed by atoms with Crippen molar-refractivity contribution in [3.8, 4) is 11.4 Å². The average Bonchev–Trinajstić information content (AvgIpc) is 3.41. The number of imidazole rings is 1. The Hall–Kier alpha value is -4.04. The van der Waals surface area contributed by atoms with Crippen molar-refractivity contribution in [3.63, 3.8) is 0 Å². The Bertz CT molecular complexity index is 1400. The molecule has 31 heavy (non-hydrogen) atoms. The number of carbonyl (C=O) groups is 1. The van der Waals surface area contributed by atoms with E-state index in [1.165, 1.54) is 23.5 Å². The second-order valence-electron chi connectivity index (χ2n) is 7.07. The summed E-state index contributed by atoms with van der Waals surface area (Å²) < 4.78 is 0.839. The Kier molecular flexibility index (Phi) is 4.68. The van der Waals surface area contributed by atoms with Crippen LogP contribution in [0.3, 0.4) is 0 Å². The van der Waals surface area contributed by atoms with E-state index in [4.69, 9.17) is 0 Å². The van der Waals surface area contributed by atoms with Crippen molar-refractivity contribution in [2.45, 2.75) is 6.54 Å². The van der Waals surface area contributed by atoms with E-state index in [0.29, 0.717) is 16.8 Å². The molecule has 2 aromatic heterocycles. The molecule has 1 amide bonds. The average molecular weight is 428 g/mol. The molecule has 0 radical (unpaired) electrons. The van der Waals surface area contributed by atoms with Gasteiger partial charge < -0.3 is 10.3 Å². The van der Waals surface area contributed by atoms with Crippen LogP contribution in [-0.4, -0.2) is 20.8 Å². The van der Waals surface area contributed by atoms with E-state index < -0.39 is 4.92 Å². The van der Waals surface area contributed by atoms with Gasteiger partial charge in [0, 0.05) is 34.3 Å². The predicted octanol–water partition coefficient (Wildman–Crippen LogP) is 5.28. The number of nitrogens with zero attached hydrogens (tertiary/aromatic N) is 2. The van der Waals surface area contributed by atoms with Gasteiger partial charge in [-0.1, -0.05) is 36.4 Å². The van der Waals surface area contributed by atoms with Crippen LogP contribution in [-0.2, 0) is 6.54 Å². The number of H-pyrrole nitrogens is 1. The van der Waals surface area contributed by atoms with Gasteiger partial charge in [0.15, 0.2) is 0 Å². The molecule has 0 atom stereocenters. The van der Waals surface area contributed by atoms with Crippen LogP contribution in [0.1, 0.15) is 15.2 Å². The fourth-order valence-electron chi connectivity index (χ4n) is 3.40. The minimum absolute atomic E-state index is 0.0156. The number of thiophene rings is 1. The first-order valence-electron chi connectivity index (χ1n) is 9.57. The van der Waals surface area contributed by atoms with Crippen LogP contribution in [0.15, 0.2) is 72.8 Å². The highest BCUT2D eigenvalue weighted by molar-refractivity contribution is 7.20. The Morgan fingerprint density at radius 1 is 1.06 bits per heavy atom. The summed E-state index contributed by atoms with van der Waals surface area (Å²) in [5.74, 6) is 0.598. The Balaban J connectivity index is 1.28. The highest BCUT2D eigenvalue weighted by Gasteiger charge is 2.13. The molecule has 0 fully saturated rings. The second-order valence-corrected chi connectivity index (χ2v) is 8.16. The molecule has 152 valence electrons. The maximum atomic E-state index is 12.5. The van der Waals surface area contributed by atoms with Crippen LogP contribution in [0.4, 0.5) is 5.69 Å². The van der Waals surface area contributed by atoms with Crippen LogP contribution < -0.4 is 5.32 Å². The Morgan fingerprint density at radius 2 is 1.87 bits per heavy atom. The summed E-state index contributed by atoms with van der Waals surface area (Å²) in [4.78, 5) is 31.5. The summed E-state index contributed by atoms with van der Waals surface area (Å²) in [7, 11) is 0. The number of hydrogen-bond donors (Lipinski definition) is 2. The molecule has 0 saturated carbocycles. The molecule has 0 aliphatic heterocycles. The molecule has 0 aliphatic carbocycles. The molecule has 5 rings (SSSR count). The number of aromatic nitrogens is 2. The lowest BCUT2D eigenvalue weighted by Crippen LogP contribution is -2.21. The minimum Gasteiger partial charge on any atom is -0.347 e. The van der Waals surface area contributed by atoms with Crippen molar-refractivity contribution < 1.29 is 9.72 Å². The van der Waals surface area contributed by atoms with Gasteiger partial charge in [-0.25, -0.2) is 4.98 Å². The molecule has 0 unspecified atom stereocenters. The number of nitro benzene ring substituents is 1. The first-order valence-corrected chi connectivity index (χ1v) is 10.4. The van der Waals surface area contributed by atoms with Gasteiger partial charge in [-0.15, -0.1) is 11.3 Å². The number of amides is 1. The van der Waals surface area contributed by atoms with Crippen molar-refractivity contribution in [1.82, 2.24) is 15.3 Å². The second kappa shape index (κ2) is 7.66. The number of rotatable bonds is 5. The number of fused-ring (bicyclic) bond motifs is 2. The fourth-order valence-corrected chi connectivity index (χ4v) is 4.36. The largest absolute Gasteiger partial charge is 0.347 e. The van der Waals surface area contributed by atoms with E-state index in [9.17, 15) is 14.9 Å². The number of aromatic amines is 1. The number of nitro groups is 1. The van der Waals surface area contributed by atoms with Crippen LogP contribution in [0.2, 0.25) is 0 Å². The van der Waals surface area contributed by atoms with Gasteiger partial charge in [-0.3, -0.25) is 14.9 Å². The minimum atomic E-state index is -0.439. The third-order valence-corrected chi connectivity index (χ3v) is 6.12. The number of carbonyl (C=O) groups excluding carboxylic acids is 1. The third-order valence-electron chi connectivity index (χ3n) is 5.00. The highest BCUT2D eigenvalue weighted by Crippen LogP contribution is 2.29. The fraction of sp³-hybridized carbons (Fsp3) is 0.0435. The van der Waals surface area contributed by atoms with E-state index in [-0.39, 0.29) is 11.6 Å². The van der Waals surface area contributed by atoms with E-state index in [1.807, 2.05) is 48.5 Å². The van der Waals surface area contributed by atoms with Crippen molar-refractivity contribution in [2.24, 2.45) is 0 Å². The molecule has 0 aliphatic rings. The summed E-state index contributed by atoms with van der Waals surface area (Å²) in [6.45, 7) is 0.383. The summed E-state index contributed by atoms with van der Waals surface area (Å²) in [5.41, 5.74) is 3.86. The quantitative estimate of drug-likeness (QED) is 0.294. The molecule has 2 heterocycles. The number of hydrogen-bond acceptors (Lipinski definition) is 5. The zero-order valence-corrected chi connectivity index (χ0v) is 17.0. The number of para-hydroxylation sites is 2. The first kappa shape index (κ1) is 19.0. The smallest absolute Gasteiger partial charge is 0.270 e. The summed E-state index contributed by atoms with van der Waals surface area (Å²) in [6.07, 6.45) is 0. The standard InChI is InChI=1S/C23H16N4O3S/c28-23(21-12-16-11-17(27(29)30)9-10-20(16)31-21)24-13-14-5-7-15(8-6-14)22-25-18-3-1-2-4-19(18)26-22/h1-12H,13H2,(H,24,28)(H,25,26). The lowest BCUT2D eigenvalue weighted by Gasteiger charge is -2.05. The number of nitrogens with one attached hydrogen (secondary N) is 2. The van der Waals surface area contributed by atoms with Crippen molar-refractivity contribution in [1.29, 1.82) is 0 Å². The Labute approximate surface area is 180 Å². The van der Waals surface area contributed by atoms with Gasteiger partial charge in [-0.05, 0) is 29.8 Å². The van der Waals surface area contributed by atoms with Gasteiger partial charge in [0.1, 0.15) is 5.82 Å². The lowest BCUT2D eigenvalue weighted by molar-refractivity contribution is -0.384. The summed E-state index contributed by atoms with van der Waals surface area (Å²) >= 11 is 1.32. The van der Waals surface area contributed by atoms with Crippen molar-refractivity contribution in [2.75, 3.05) is 0 Å². The maximum absolute atomic E-state index is 12.5. The monoisotopic (exact) mass is 428 g/mol. The molecule has 3 aromatic carbocycles. The number of non-ortho nitro benzene ring substituents is 1. The lowest BCUT2D eigenvalue weighted by atomic mass is 10.1. The van der Waals surface area contributed by atoms with Gasteiger partial charge in [0.2, 0.25) is 0 Å². The molecular formula is C23H16N4O3S. The normalized spacial score (nSPS) is 11.1. The zero-order chi connectivity index (χ0) is 21.4. The van der Waals surface area contributed by atoms with Gasteiger partial charge >= 0.3 is 0 Å². The van der Waals surface area contributed by atoms with Gasteiger partial charge in [0.25, 0.3) is 11.6 Å². The van der Waals surface area contributed by atoms with Gasteiger partial charge in [0.05, 0.1) is 20.8 Å². The van der Waals surface area contributed by atoms with Gasteiger partial charge in [-0.2, -0.15) is 0 Å². The topological polar surface area (TPSA) is 101 Å². The van der Waals surface area contributed by atoms with Crippen molar-refractivity contribution >= 4 is 44.1 Å². The first-order chi connectivity index (χ1) is 15.1. The van der Waals surface area contributed by atoms with Crippen LogP contribution in [0, 0.1) is 10.1 Å². The highest BCUT2D eigenvalue weighted by atomic mass is 32.1. The van der Waals surface area contributed by atoms with E-state index in [2.05, 4.69) is 15.3 Å². The predicted molar refractivity (Wildman–Crippen MR) is 121 cm³/mol. The van der Waals surface area contributed by atoms with E-state index in [0.717, 1.165) is 32.7 Å². The molecule has 0 spiro atoms. The third kappa shape index (κ3) is 3.76. The molecule has 0 saturated heterocycles. The SMILES string of the molecule is O=C(NCc1ccc(-c2nc3ccccc3[nH]2)cc1)c1cc2cc([N+](=O)[O-])ccc2s1. The molecular weight excluding hydrogens is 412 g/mol. The summed E-state index contributed by atoms with van der Waals surface area (Å²) in [6, 6.07) is 22.0. The zero-order valence-electron chi connectivity index (χ0n) is 16.2. The van der Waals surface area contributed by atoms with Crippen LogP contribution in [0.5, 0.6) is 0 Å². The van der Waals surface area contributed by atoms with E-state index in [1.54, 1.807) is 12.1 Å². The molecule has 0 bridgehead atoms. The van der Waals surface area contributed by atoms with Crippen molar-refractivity contribution in [3.05, 3.63) is 93.4 Å². The molecule has 7 nitrogen and oxygen atoms in total. The molecule has 2 N–H and O–H groups in total. The van der Waals surface area contributed by atoms with Crippen LogP contribution in [0.25, 0.3) is 32.5 Å². The Morgan fingerprint density at radius 3 is 2.65 bits per heavy atom. The molecule has 5 aromatic rings. The van der Waals surface area contributed by atoms with Crippen LogP contribution >= 0.6 is 11.3 Å². The number of benzene rings is 3. The molecule has 8 heteroatoms. The van der Waals surface area contributed by atoms with E-state index >= 15 is 0 Å². The maximum Gasteiger partial charge on any atom is 0.270 e. The summed E-state index contributed by atoms with van der Waals surface area (Å²) in [5, 5.41) is 14.5.